The molecular formula is C10H5F2NO. The van der Waals surface area contributed by atoms with Crippen molar-refractivity contribution < 1.29 is 13.9 Å². The first-order chi connectivity index (χ1) is 6.69. The van der Waals surface area contributed by atoms with Gasteiger partial charge in [-0.25, -0.2) is 8.78 Å². The van der Waals surface area contributed by atoms with Gasteiger partial charge < -0.3 is 5.11 Å². The van der Waals surface area contributed by atoms with Gasteiger partial charge in [0.25, 0.3) is 0 Å². The van der Waals surface area contributed by atoms with Crippen LogP contribution in [0.5, 0.6) is 0 Å². The third kappa shape index (κ3) is 2.07. The van der Waals surface area contributed by atoms with E-state index in [9.17, 15) is 8.78 Å². The molecule has 0 atom stereocenters. The molecule has 0 aliphatic heterocycles. The Morgan fingerprint density at radius 1 is 1.21 bits per heavy atom. The molecule has 0 aliphatic carbocycles. The van der Waals surface area contributed by atoms with Crippen LogP contribution in [0, 0.1) is 34.8 Å². The molecule has 1 aromatic carbocycles. The lowest BCUT2D eigenvalue weighted by Gasteiger charge is -1.96. The van der Waals surface area contributed by atoms with Crippen molar-refractivity contribution in [1.82, 2.24) is 0 Å². The Balaban J connectivity index is 3.29. The molecule has 0 unspecified atom stereocenters. The van der Waals surface area contributed by atoms with E-state index in [-0.39, 0.29) is 11.1 Å². The van der Waals surface area contributed by atoms with Crippen molar-refractivity contribution >= 4 is 0 Å². The summed E-state index contributed by atoms with van der Waals surface area (Å²) in [6, 6.07) is 3.29. The van der Waals surface area contributed by atoms with Crippen molar-refractivity contribution in [3.8, 4) is 17.9 Å². The van der Waals surface area contributed by atoms with Crippen LogP contribution in [-0.2, 0) is 0 Å². The monoisotopic (exact) mass is 193 g/mol. The standard InChI is InChI=1S/C10H5F2NO/c11-9-4-7(2-1-3-14)8(6-13)5-10(9)12/h4-5,14H,3H2. The first-order valence-corrected chi connectivity index (χ1v) is 3.68. The zero-order valence-electron chi connectivity index (χ0n) is 7.01. The second-order valence-corrected chi connectivity index (χ2v) is 2.38. The largest absolute Gasteiger partial charge is 0.384 e. The van der Waals surface area contributed by atoms with Gasteiger partial charge in [0.1, 0.15) is 12.7 Å². The van der Waals surface area contributed by atoms with Gasteiger partial charge in [-0.15, -0.1) is 0 Å². The minimum atomic E-state index is -1.09. The van der Waals surface area contributed by atoms with Crippen LogP contribution < -0.4 is 0 Å². The lowest BCUT2D eigenvalue weighted by molar-refractivity contribution is 0.350. The van der Waals surface area contributed by atoms with Crippen molar-refractivity contribution in [2.24, 2.45) is 0 Å². The van der Waals surface area contributed by atoms with Gasteiger partial charge in [0.2, 0.25) is 0 Å². The quantitative estimate of drug-likeness (QED) is 0.629. The predicted octanol–water partition coefficient (Wildman–Crippen LogP) is 1.18. The van der Waals surface area contributed by atoms with E-state index in [1.807, 2.05) is 0 Å². The van der Waals surface area contributed by atoms with Crippen molar-refractivity contribution in [2.45, 2.75) is 0 Å². The molecule has 70 valence electrons. The first kappa shape index (κ1) is 10.2. The number of rotatable bonds is 0. The molecule has 1 N–H and O–H groups in total. The summed E-state index contributed by atoms with van der Waals surface area (Å²) in [6.45, 7) is -0.399. The van der Waals surface area contributed by atoms with Crippen LogP contribution >= 0.6 is 0 Å². The fraction of sp³-hybridized carbons (Fsp3) is 0.100. The van der Waals surface area contributed by atoms with Crippen LogP contribution in [0.4, 0.5) is 8.78 Å². The number of hydrogen-bond donors (Lipinski definition) is 1. The highest BCUT2D eigenvalue weighted by atomic mass is 19.2. The maximum Gasteiger partial charge on any atom is 0.160 e. The molecule has 1 aromatic rings. The van der Waals surface area contributed by atoms with Gasteiger partial charge in [-0.05, 0) is 12.1 Å². The summed E-state index contributed by atoms with van der Waals surface area (Å²) < 4.78 is 25.4. The second-order valence-electron chi connectivity index (χ2n) is 2.38. The molecule has 0 aromatic heterocycles. The molecule has 0 radical (unpaired) electrons. The van der Waals surface area contributed by atoms with E-state index in [0.717, 1.165) is 12.1 Å². The molecule has 0 heterocycles. The predicted molar refractivity (Wildman–Crippen MR) is 45.0 cm³/mol. The Hall–Kier alpha value is -1.91. The minimum Gasteiger partial charge on any atom is -0.384 e. The van der Waals surface area contributed by atoms with E-state index in [2.05, 4.69) is 11.8 Å². The highest BCUT2D eigenvalue weighted by molar-refractivity contribution is 5.48. The van der Waals surface area contributed by atoms with E-state index in [4.69, 9.17) is 10.4 Å². The maximum absolute atomic E-state index is 12.7. The van der Waals surface area contributed by atoms with Gasteiger partial charge in [0, 0.05) is 5.56 Å². The molecule has 0 saturated heterocycles. The Labute approximate surface area is 79.4 Å². The molecule has 2 nitrogen and oxygen atoms in total. The van der Waals surface area contributed by atoms with Crippen LogP contribution in [-0.4, -0.2) is 11.7 Å². The molecule has 0 amide bonds. The lowest BCUT2D eigenvalue weighted by atomic mass is 10.1. The SMILES string of the molecule is N#Cc1cc(F)c(F)cc1C#CCO. The van der Waals surface area contributed by atoms with Crippen LogP contribution in [0.2, 0.25) is 0 Å². The third-order valence-corrected chi connectivity index (χ3v) is 1.48. The van der Waals surface area contributed by atoms with Crippen molar-refractivity contribution in [3.63, 3.8) is 0 Å². The summed E-state index contributed by atoms with van der Waals surface area (Å²) in [6.07, 6.45) is 0. The average molecular weight is 193 g/mol. The van der Waals surface area contributed by atoms with Crippen LogP contribution in [0.15, 0.2) is 12.1 Å². The maximum atomic E-state index is 12.7. The van der Waals surface area contributed by atoms with E-state index < -0.39 is 18.2 Å². The summed E-state index contributed by atoms with van der Waals surface area (Å²) in [7, 11) is 0. The van der Waals surface area contributed by atoms with Gasteiger partial charge in [-0.2, -0.15) is 5.26 Å². The molecule has 0 spiro atoms. The van der Waals surface area contributed by atoms with Gasteiger partial charge in [-0.1, -0.05) is 11.8 Å². The van der Waals surface area contributed by atoms with Crippen LogP contribution in [0.25, 0.3) is 0 Å². The third-order valence-electron chi connectivity index (χ3n) is 1.48. The van der Waals surface area contributed by atoms with Crippen molar-refractivity contribution in [1.29, 1.82) is 5.26 Å². The fourth-order valence-corrected chi connectivity index (χ4v) is 0.878. The van der Waals surface area contributed by atoms with Crippen LogP contribution in [0.3, 0.4) is 0 Å². The Kier molecular flexibility index (Phi) is 3.17. The Morgan fingerprint density at radius 2 is 1.79 bits per heavy atom. The molecule has 0 bridgehead atoms. The van der Waals surface area contributed by atoms with E-state index in [1.54, 1.807) is 6.07 Å². The van der Waals surface area contributed by atoms with Crippen molar-refractivity contribution in [3.05, 3.63) is 34.9 Å². The van der Waals surface area contributed by atoms with E-state index >= 15 is 0 Å². The number of aliphatic hydroxyl groups excluding tert-OH is 1. The number of nitrogens with zero attached hydrogens (tertiary/aromatic N) is 1. The molecule has 0 aliphatic rings. The topological polar surface area (TPSA) is 44.0 Å². The summed E-state index contributed by atoms with van der Waals surface area (Å²) in [5, 5.41) is 17.0. The number of halogens is 2. The van der Waals surface area contributed by atoms with Gasteiger partial charge in [0.15, 0.2) is 11.6 Å². The zero-order valence-corrected chi connectivity index (χ0v) is 7.01. The summed E-state index contributed by atoms with van der Waals surface area (Å²) in [5.41, 5.74) is 0.0188. The number of benzene rings is 1. The highest BCUT2D eigenvalue weighted by Crippen LogP contribution is 2.13. The summed E-state index contributed by atoms with van der Waals surface area (Å²) in [4.78, 5) is 0. The van der Waals surface area contributed by atoms with E-state index in [1.165, 1.54) is 0 Å². The molecule has 14 heavy (non-hydrogen) atoms. The minimum absolute atomic E-state index is 0.0511. The fourth-order valence-electron chi connectivity index (χ4n) is 0.878. The van der Waals surface area contributed by atoms with Gasteiger partial charge in [-0.3, -0.25) is 0 Å². The molecule has 4 heteroatoms. The number of aliphatic hydroxyl groups is 1. The molecular weight excluding hydrogens is 188 g/mol. The molecule has 0 saturated carbocycles. The molecule has 0 fully saturated rings. The molecule has 1 rings (SSSR count). The second kappa shape index (κ2) is 4.36. The number of nitriles is 1. The summed E-state index contributed by atoms with van der Waals surface area (Å²) in [5.74, 6) is 2.45. The lowest BCUT2D eigenvalue weighted by Crippen LogP contribution is -1.91. The van der Waals surface area contributed by atoms with Gasteiger partial charge in [0.05, 0.1) is 5.56 Å². The zero-order chi connectivity index (χ0) is 10.6. The summed E-state index contributed by atoms with van der Waals surface area (Å²) >= 11 is 0. The Bertz CT molecular complexity index is 452. The van der Waals surface area contributed by atoms with Crippen molar-refractivity contribution in [2.75, 3.05) is 6.61 Å². The smallest absolute Gasteiger partial charge is 0.160 e. The van der Waals surface area contributed by atoms with Crippen LogP contribution in [0.1, 0.15) is 11.1 Å². The highest BCUT2D eigenvalue weighted by Gasteiger charge is 2.07. The number of hydrogen-bond acceptors (Lipinski definition) is 2. The normalized spacial score (nSPS) is 8.71. The van der Waals surface area contributed by atoms with Gasteiger partial charge >= 0.3 is 0 Å². The van der Waals surface area contributed by atoms with E-state index in [0.29, 0.717) is 0 Å². The average Bonchev–Trinajstić information content (AvgIpc) is 2.19. The first-order valence-electron chi connectivity index (χ1n) is 3.68. The Morgan fingerprint density at radius 3 is 2.29 bits per heavy atom.